The second-order valence-electron chi connectivity index (χ2n) is 4.68. The number of carboxylic acid groups (broad SMARTS) is 1. The van der Waals surface area contributed by atoms with Crippen LogP contribution in [0.3, 0.4) is 0 Å². The molecule has 0 aromatic heterocycles. The Balaban J connectivity index is 1.76. The van der Waals surface area contributed by atoms with E-state index in [1.165, 1.54) is 0 Å². The first-order valence-corrected chi connectivity index (χ1v) is 5.70. The van der Waals surface area contributed by atoms with Gasteiger partial charge in [-0.2, -0.15) is 0 Å². The molecule has 15 heavy (non-hydrogen) atoms. The highest BCUT2D eigenvalue weighted by molar-refractivity contribution is 5.80. The topological polar surface area (TPSA) is 66.4 Å². The van der Waals surface area contributed by atoms with E-state index < -0.39 is 5.97 Å². The van der Waals surface area contributed by atoms with Crippen LogP contribution in [0.2, 0.25) is 0 Å². The third kappa shape index (κ3) is 2.30. The van der Waals surface area contributed by atoms with Gasteiger partial charge in [0, 0.05) is 12.0 Å². The maximum atomic E-state index is 11.6. The zero-order valence-corrected chi connectivity index (χ0v) is 8.74. The van der Waals surface area contributed by atoms with E-state index in [2.05, 4.69) is 5.32 Å². The summed E-state index contributed by atoms with van der Waals surface area (Å²) in [4.78, 5) is 22.3. The van der Waals surface area contributed by atoms with Gasteiger partial charge in [0.1, 0.15) is 0 Å². The van der Waals surface area contributed by atoms with Crippen molar-refractivity contribution in [2.24, 2.45) is 11.8 Å². The largest absolute Gasteiger partial charge is 0.481 e. The fraction of sp³-hybridized carbons (Fsp3) is 0.818. The molecule has 2 fully saturated rings. The minimum atomic E-state index is -0.726. The zero-order valence-electron chi connectivity index (χ0n) is 8.74. The molecule has 2 rings (SSSR count). The van der Waals surface area contributed by atoms with Crippen molar-refractivity contribution in [3.63, 3.8) is 0 Å². The summed E-state index contributed by atoms with van der Waals surface area (Å²) in [6.07, 6.45) is 5.27. The second-order valence-corrected chi connectivity index (χ2v) is 4.68. The predicted molar refractivity (Wildman–Crippen MR) is 54.2 cm³/mol. The molecular formula is C11H17NO3. The summed E-state index contributed by atoms with van der Waals surface area (Å²) in [7, 11) is 0. The van der Waals surface area contributed by atoms with E-state index in [1.54, 1.807) is 0 Å². The van der Waals surface area contributed by atoms with Crippen molar-refractivity contribution in [1.29, 1.82) is 0 Å². The van der Waals surface area contributed by atoms with E-state index in [0.717, 1.165) is 25.7 Å². The van der Waals surface area contributed by atoms with Gasteiger partial charge in [0.25, 0.3) is 0 Å². The van der Waals surface area contributed by atoms with Crippen molar-refractivity contribution >= 4 is 11.9 Å². The maximum Gasteiger partial charge on any atom is 0.306 e. The van der Waals surface area contributed by atoms with Gasteiger partial charge in [0.2, 0.25) is 5.91 Å². The van der Waals surface area contributed by atoms with Gasteiger partial charge in [-0.15, -0.1) is 0 Å². The van der Waals surface area contributed by atoms with Crippen molar-refractivity contribution in [3.05, 3.63) is 0 Å². The normalized spacial score (nSPS) is 30.9. The summed E-state index contributed by atoms with van der Waals surface area (Å²) >= 11 is 0. The third-order valence-corrected chi connectivity index (χ3v) is 3.60. The lowest BCUT2D eigenvalue weighted by atomic mass is 9.84. The van der Waals surface area contributed by atoms with Gasteiger partial charge >= 0.3 is 5.97 Å². The fourth-order valence-corrected chi connectivity index (χ4v) is 2.33. The molecule has 1 amide bonds. The first-order chi connectivity index (χ1) is 7.16. The van der Waals surface area contributed by atoms with Crippen molar-refractivity contribution in [2.75, 3.05) is 0 Å². The fourth-order valence-electron chi connectivity index (χ4n) is 2.33. The molecule has 0 aliphatic heterocycles. The Hall–Kier alpha value is -1.06. The van der Waals surface area contributed by atoms with E-state index in [-0.39, 0.29) is 23.8 Å². The number of hydrogen-bond donors (Lipinski definition) is 2. The Morgan fingerprint density at radius 3 is 2.27 bits per heavy atom. The van der Waals surface area contributed by atoms with Gasteiger partial charge in [-0.1, -0.05) is 6.42 Å². The number of nitrogens with one attached hydrogen (secondary N) is 1. The smallest absolute Gasteiger partial charge is 0.306 e. The molecule has 0 heterocycles. The summed E-state index contributed by atoms with van der Waals surface area (Å²) in [5.74, 6) is -0.641. The SMILES string of the molecule is O=C(N[C@@H]1CC[C@H](C(=O)O)C1)C1CCC1. The van der Waals surface area contributed by atoms with Crippen LogP contribution in [-0.4, -0.2) is 23.0 Å². The Labute approximate surface area is 89.0 Å². The minimum absolute atomic E-state index is 0.0965. The highest BCUT2D eigenvalue weighted by Crippen LogP contribution is 2.29. The molecular weight excluding hydrogens is 194 g/mol. The molecule has 2 aliphatic carbocycles. The van der Waals surface area contributed by atoms with Gasteiger partial charge in [-0.3, -0.25) is 9.59 Å². The molecule has 0 aromatic carbocycles. The molecule has 84 valence electrons. The van der Waals surface area contributed by atoms with Crippen LogP contribution in [-0.2, 0) is 9.59 Å². The van der Waals surface area contributed by atoms with Crippen LogP contribution in [0.5, 0.6) is 0 Å². The molecule has 0 radical (unpaired) electrons. The highest BCUT2D eigenvalue weighted by atomic mass is 16.4. The van der Waals surface area contributed by atoms with Gasteiger partial charge in [0.15, 0.2) is 0 Å². The Morgan fingerprint density at radius 1 is 1.07 bits per heavy atom. The molecule has 0 saturated heterocycles. The molecule has 0 aromatic rings. The van der Waals surface area contributed by atoms with Crippen LogP contribution in [0.1, 0.15) is 38.5 Å². The van der Waals surface area contributed by atoms with Crippen molar-refractivity contribution in [1.82, 2.24) is 5.32 Å². The number of amides is 1. The minimum Gasteiger partial charge on any atom is -0.481 e. The van der Waals surface area contributed by atoms with Crippen LogP contribution in [0.15, 0.2) is 0 Å². The van der Waals surface area contributed by atoms with Crippen molar-refractivity contribution in [3.8, 4) is 0 Å². The first-order valence-electron chi connectivity index (χ1n) is 5.70. The Morgan fingerprint density at radius 2 is 1.80 bits per heavy atom. The molecule has 0 spiro atoms. The van der Waals surface area contributed by atoms with Crippen LogP contribution in [0.25, 0.3) is 0 Å². The standard InChI is InChI=1S/C11H17NO3/c13-10(7-2-1-3-7)12-9-5-4-8(6-9)11(14)15/h7-9H,1-6H2,(H,12,13)(H,14,15)/t8-,9+/m0/s1. The summed E-state index contributed by atoms with van der Waals surface area (Å²) in [6, 6.07) is 0.0965. The van der Waals surface area contributed by atoms with Crippen molar-refractivity contribution in [2.45, 2.75) is 44.6 Å². The lowest BCUT2D eigenvalue weighted by molar-refractivity contribution is -0.141. The Kier molecular flexibility index (Phi) is 2.93. The summed E-state index contributed by atoms with van der Waals surface area (Å²) in [6.45, 7) is 0. The number of carbonyl (C=O) groups is 2. The van der Waals surface area contributed by atoms with Crippen LogP contribution < -0.4 is 5.32 Å². The molecule has 2 saturated carbocycles. The van der Waals surface area contributed by atoms with Crippen LogP contribution >= 0.6 is 0 Å². The number of rotatable bonds is 3. The number of aliphatic carboxylic acids is 1. The van der Waals surface area contributed by atoms with Gasteiger partial charge in [-0.25, -0.2) is 0 Å². The number of carbonyl (C=O) groups excluding carboxylic acids is 1. The predicted octanol–water partition coefficient (Wildman–Crippen LogP) is 1.16. The van der Waals surface area contributed by atoms with E-state index in [9.17, 15) is 9.59 Å². The lowest BCUT2D eigenvalue weighted by Gasteiger charge is -2.26. The molecule has 4 heteroatoms. The monoisotopic (exact) mass is 211 g/mol. The quantitative estimate of drug-likeness (QED) is 0.736. The van der Waals surface area contributed by atoms with Crippen LogP contribution in [0, 0.1) is 11.8 Å². The molecule has 2 aliphatic rings. The van der Waals surface area contributed by atoms with E-state index in [0.29, 0.717) is 12.8 Å². The summed E-state index contributed by atoms with van der Waals surface area (Å²) in [5.41, 5.74) is 0. The van der Waals surface area contributed by atoms with Gasteiger partial charge in [0.05, 0.1) is 5.92 Å². The zero-order chi connectivity index (χ0) is 10.8. The molecule has 0 unspecified atom stereocenters. The van der Waals surface area contributed by atoms with E-state index in [4.69, 9.17) is 5.11 Å². The van der Waals surface area contributed by atoms with Crippen LogP contribution in [0.4, 0.5) is 0 Å². The Bertz CT molecular complexity index is 273. The summed E-state index contributed by atoms with van der Waals surface area (Å²) < 4.78 is 0. The van der Waals surface area contributed by atoms with Gasteiger partial charge < -0.3 is 10.4 Å². The third-order valence-electron chi connectivity index (χ3n) is 3.60. The average Bonchev–Trinajstić information content (AvgIpc) is 2.48. The molecule has 2 N–H and O–H groups in total. The second kappa shape index (κ2) is 4.21. The number of carboxylic acids is 1. The lowest BCUT2D eigenvalue weighted by Crippen LogP contribution is -2.40. The summed E-state index contributed by atoms with van der Waals surface area (Å²) in [5, 5.41) is 11.8. The van der Waals surface area contributed by atoms with E-state index >= 15 is 0 Å². The van der Waals surface area contributed by atoms with E-state index in [1.807, 2.05) is 0 Å². The highest BCUT2D eigenvalue weighted by Gasteiger charge is 2.33. The molecule has 2 atom stereocenters. The molecule has 0 bridgehead atoms. The number of hydrogen-bond acceptors (Lipinski definition) is 2. The maximum absolute atomic E-state index is 11.6. The average molecular weight is 211 g/mol. The van der Waals surface area contributed by atoms with Gasteiger partial charge in [-0.05, 0) is 32.1 Å². The first kappa shape index (κ1) is 10.5. The molecule has 4 nitrogen and oxygen atoms in total. The van der Waals surface area contributed by atoms with Crippen molar-refractivity contribution < 1.29 is 14.7 Å².